The van der Waals surface area contributed by atoms with Gasteiger partial charge in [0.15, 0.2) is 9.84 Å². The average molecular weight is 394 g/mol. The van der Waals surface area contributed by atoms with Gasteiger partial charge in [0.1, 0.15) is 5.82 Å². The topological polar surface area (TPSA) is 52.0 Å². The molecule has 0 bridgehead atoms. The molecule has 0 saturated heterocycles. The van der Waals surface area contributed by atoms with Gasteiger partial charge in [-0.1, -0.05) is 15.9 Å². The lowest BCUT2D eigenvalue weighted by Crippen LogP contribution is -2.36. The summed E-state index contributed by atoms with van der Waals surface area (Å²) in [5, 5.41) is -0.300. The number of aromatic nitrogens is 2. The van der Waals surface area contributed by atoms with Crippen LogP contribution in [0, 0.1) is 0 Å². The Morgan fingerprint density at radius 1 is 1.43 bits per heavy atom. The van der Waals surface area contributed by atoms with Crippen LogP contribution in [0.1, 0.15) is 32.0 Å². The van der Waals surface area contributed by atoms with E-state index in [-0.39, 0.29) is 5.38 Å². The van der Waals surface area contributed by atoms with Crippen molar-refractivity contribution in [2.45, 2.75) is 37.4 Å². The third kappa shape index (κ3) is 3.27. The molecule has 0 aliphatic carbocycles. The number of nitrogens with zero attached hydrogens (tertiary/aromatic N) is 2. The van der Waals surface area contributed by atoms with E-state index in [1.54, 1.807) is 13.8 Å². The quantitative estimate of drug-likeness (QED) is 0.740. The lowest BCUT2D eigenvalue weighted by atomic mass is 10.2. The lowest BCUT2D eigenvalue weighted by Gasteiger charge is -2.25. The van der Waals surface area contributed by atoms with Crippen LogP contribution >= 0.6 is 27.5 Å². The predicted molar refractivity (Wildman–Crippen MR) is 90.6 cm³/mol. The Morgan fingerprint density at radius 3 is 2.57 bits per heavy atom. The molecular weight excluding hydrogens is 376 g/mol. The van der Waals surface area contributed by atoms with Crippen molar-refractivity contribution in [1.82, 2.24) is 9.55 Å². The summed E-state index contributed by atoms with van der Waals surface area (Å²) in [6.45, 7) is 5.58. The summed E-state index contributed by atoms with van der Waals surface area (Å²) in [7, 11) is -3.20. The van der Waals surface area contributed by atoms with Crippen LogP contribution in [0.2, 0.25) is 0 Å². The number of rotatable bonds is 4. The zero-order valence-electron chi connectivity index (χ0n) is 12.4. The largest absolute Gasteiger partial charge is 0.325 e. The molecule has 0 amide bonds. The molecule has 0 fully saturated rings. The first-order chi connectivity index (χ1) is 9.53. The van der Waals surface area contributed by atoms with Gasteiger partial charge in [-0.05, 0) is 39.0 Å². The number of hydrogen-bond donors (Lipinski definition) is 0. The molecule has 4 nitrogen and oxygen atoms in total. The molecule has 7 heteroatoms. The molecule has 0 N–H and O–H groups in total. The maximum absolute atomic E-state index is 12.0. The molecule has 2 rings (SSSR count). The highest BCUT2D eigenvalue weighted by atomic mass is 79.9. The van der Waals surface area contributed by atoms with E-state index in [1.165, 1.54) is 6.26 Å². The van der Waals surface area contributed by atoms with Crippen molar-refractivity contribution < 1.29 is 8.42 Å². The van der Waals surface area contributed by atoms with Crippen LogP contribution in [-0.4, -0.2) is 29.0 Å². The second-order valence-electron chi connectivity index (χ2n) is 5.84. The average Bonchev–Trinajstić information content (AvgIpc) is 2.66. The van der Waals surface area contributed by atoms with Gasteiger partial charge in [0.2, 0.25) is 0 Å². The zero-order chi connectivity index (χ0) is 16.0. The molecule has 0 saturated carbocycles. The van der Waals surface area contributed by atoms with Gasteiger partial charge in [-0.3, -0.25) is 0 Å². The molecule has 1 aromatic heterocycles. The van der Waals surface area contributed by atoms with Gasteiger partial charge in [0.25, 0.3) is 0 Å². The lowest BCUT2D eigenvalue weighted by molar-refractivity contribution is 0.499. The van der Waals surface area contributed by atoms with E-state index >= 15 is 0 Å². The number of fused-ring (bicyclic) bond motifs is 1. The molecule has 21 heavy (non-hydrogen) atoms. The van der Waals surface area contributed by atoms with Gasteiger partial charge in [0, 0.05) is 17.3 Å². The van der Waals surface area contributed by atoms with Crippen LogP contribution in [-0.2, 0) is 16.4 Å². The fourth-order valence-corrected chi connectivity index (χ4v) is 2.96. The summed E-state index contributed by atoms with van der Waals surface area (Å²) in [6, 6.07) is 5.74. The van der Waals surface area contributed by atoms with E-state index in [9.17, 15) is 8.42 Å². The second-order valence-corrected chi connectivity index (χ2v) is 10.1. The monoisotopic (exact) mass is 392 g/mol. The molecule has 0 spiro atoms. The maximum Gasteiger partial charge on any atom is 0.154 e. The van der Waals surface area contributed by atoms with E-state index < -0.39 is 14.6 Å². The van der Waals surface area contributed by atoms with E-state index in [0.29, 0.717) is 12.4 Å². The van der Waals surface area contributed by atoms with Crippen molar-refractivity contribution in [3.05, 3.63) is 28.5 Å². The molecule has 116 valence electrons. The Labute approximate surface area is 138 Å². The molecule has 0 aliphatic heterocycles. The van der Waals surface area contributed by atoms with Gasteiger partial charge in [-0.15, -0.1) is 11.6 Å². The molecular formula is C14H18BrClN2O2S. The summed E-state index contributed by atoms with van der Waals surface area (Å²) in [6.07, 6.45) is 1.26. The van der Waals surface area contributed by atoms with E-state index in [4.69, 9.17) is 11.6 Å². The molecule has 1 heterocycles. The number of sulfone groups is 1. The highest BCUT2D eigenvalue weighted by molar-refractivity contribution is 9.10. The number of hydrogen-bond acceptors (Lipinski definition) is 3. The SMILES string of the molecule is CC(Cl)c1nc2ccc(Br)cc2n1CC(C)(C)S(C)(=O)=O. The maximum atomic E-state index is 12.0. The normalized spacial score (nSPS) is 14.6. The third-order valence-corrected chi connectivity index (χ3v) is 6.46. The first-order valence-corrected chi connectivity index (χ1v) is 9.64. The Morgan fingerprint density at radius 2 is 2.05 bits per heavy atom. The van der Waals surface area contributed by atoms with Gasteiger partial charge in [0.05, 0.1) is 21.2 Å². The second kappa shape index (κ2) is 5.56. The van der Waals surface area contributed by atoms with Gasteiger partial charge in [-0.2, -0.15) is 0 Å². The first-order valence-electron chi connectivity index (χ1n) is 6.52. The highest BCUT2D eigenvalue weighted by Crippen LogP contribution is 2.29. The van der Waals surface area contributed by atoms with Crippen molar-refractivity contribution in [2.24, 2.45) is 0 Å². The Balaban J connectivity index is 2.66. The smallest absolute Gasteiger partial charge is 0.154 e. The Bertz CT molecular complexity index is 782. The molecule has 2 aromatic rings. The van der Waals surface area contributed by atoms with Crippen LogP contribution in [0.25, 0.3) is 11.0 Å². The highest BCUT2D eigenvalue weighted by Gasteiger charge is 2.32. The molecule has 0 radical (unpaired) electrons. The van der Waals surface area contributed by atoms with Crippen LogP contribution in [0.4, 0.5) is 0 Å². The number of alkyl halides is 1. The summed E-state index contributed by atoms with van der Waals surface area (Å²) in [5.74, 6) is 0.682. The van der Waals surface area contributed by atoms with Crippen LogP contribution in [0.3, 0.4) is 0 Å². The summed E-state index contributed by atoms with van der Waals surface area (Å²) in [4.78, 5) is 4.53. The third-order valence-electron chi connectivity index (χ3n) is 3.64. The minimum atomic E-state index is -3.20. The van der Waals surface area contributed by atoms with Crippen molar-refractivity contribution >= 4 is 48.4 Å². The van der Waals surface area contributed by atoms with Crippen molar-refractivity contribution in [2.75, 3.05) is 6.26 Å². The van der Waals surface area contributed by atoms with Crippen molar-refractivity contribution in [3.63, 3.8) is 0 Å². The number of imidazole rings is 1. The Kier molecular flexibility index (Phi) is 4.44. The van der Waals surface area contributed by atoms with Crippen LogP contribution in [0.15, 0.2) is 22.7 Å². The summed E-state index contributed by atoms with van der Waals surface area (Å²) < 4.78 is 25.9. The minimum absolute atomic E-state index is 0.300. The number of benzene rings is 1. The van der Waals surface area contributed by atoms with E-state index in [1.807, 2.05) is 29.7 Å². The standard InChI is InChI=1S/C14H18BrClN2O2S/c1-9(16)13-17-11-6-5-10(15)7-12(11)18(13)8-14(2,3)21(4,19)20/h5-7,9H,8H2,1-4H3. The minimum Gasteiger partial charge on any atom is -0.325 e. The van der Waals surface area contributed by atoms with E-state index in [2.05, 4.69) is 20.9 Å². The van der Waals surface area contributed by atoms with Gasteiger partial charge >= 0.3 is 0 Å². The number of halogens is 2. The predicted octanol–water partition coefficient (Wildman–Crippen LogP) is 3.92. The molecule has 0 aliphatic rings. The molecule has 1 unspecified atom stereocenters. The van der Waals surface area contributed by atoms with Crippen LogP contribution in [0.5, 0.6) is 0 Å². The molecule has 1 atom stereocenters. The fraction of sp³-hybridized carbons (Fsp3) is 0.500. The molecule has 1 aromatic carbocycles. The fourth-order valence-electron chi connectivity index (χ4n) is 2.08. The zero-order valence-corrected chi connectivity index (χ0v) is 15.6. The van der Waals surface area contributed by atoms with Gasteiger partial charge < -0.3 is 4.57 Å². The van der Waals surface area contributed by atoms with Gasteiger partial charge in [-0.25, -0.2) is 13.4 Å². The Hall–Kier alpha value is -0.590. The van der Waals surface area contributed by atoms with Crippen molar-refractivity contribution in [1.29, 1.82) is 0 Å². The van der Waals surface area contributed by atoms with E-state index in [0.717, 1.165) is 15.5 Å². The van der Waals surface area contributed by atoms with Crippen LogP contribution < -0.4 is 0 Å². The summed E-state index contributed by atoms with van der Waals surface area (Å²) in [5.41, 5.74) is 1.69. The first kappa shape index (κ1) is 16.8. The van der Waals surface area contributed by atoms with Crippen molar-refractivity contribution in [3.8, 4) is 0 Å². The summed E-state index contributed by atoms with van der Waals surface area (Å²) >= 11 is 9.66.